The Morgan fingerprint density at radius 2 is 1.63 bits per heavy atom. The molecule has 0 aliphatic heterocycles. The summed E-state index contributed by atoms with van der Waals surface area (Å²) in [5.41, 5.74) is 2.32. The van der Waals surface area contributed by atoms with Gasteiger partial charge in [-0.1, -0.05) is 6.07 Å². The van der Waals surface area contributed by atoms with E-state index in [9.17, 15) is 9.59 Å². The van der Waals surface area contributed by atoms with Crippen LogP contribution in [0.4, 0.5) is 17.2 Å². The molecular weight excluding hydrogens is 344 g/mol. The molecule has 3 rings (SSSR count). The number of aromatic nitrogens is 3. The molecule has 8 nitrogen and oxygen atoms in total. The predicted molar refractivity (Wildman–Crippen MR) is 102 cm³/mol. The number of nitrogens with zero attached hydrogens (tertiary/aromatic N) is 3. The minimum atomic E-state index is -0.369. The van der Waals surface area contributed by atoms with E-state index in [2.05, 4.69) is 31.1 Å². The largest absolute Gasteiger partial charge is 0.363 e. The van der Waals surface area contributed by atoms with Crippen LogP contribution in [0.5, 0.6) is 0 Å². The molecule has 136 valence electrons. The van der Waals surface area contributed by atoms with Crippen molar-refractivity contribution in [2.24, 2.45) is 0 Å². The summed E-state index contributed by atoms with van der Waals surface area (Å²) in [6.07, 6.45) is 1.72. The van der Waals surface area contributed by atoms with E-state index in [4.69, 9.17) is 0 Å². The Morgan fingerprint density at radius 1 is 0.889 bits per heavy atom. The van der Waals surface area contributed by atoms with Gasteiger partial charge in [0.15, 0.2) is 5.69 Å². The highest BCUT2D eigenvalue weighted by atomic mass is 16.2. The molecule has 0 fully saturated rings. The van der Waals surface area contributed by atoms with Gasteiger partial charge in [0.1, 0.15) is 5.82 Å². The first-order valence-electron chi connectivity index (χ1n) is 8.27. The molecule has 0 saturated carbocycles. The highest BCUT2D eigenvalue weighted by Crippen LogP contribution is 2.14. The van der Waals surface area contributed by atoms with Gasteiger partial charge in [-0.15, -0.1) is 10.2 Å². The minimum absolute atomic E-state index is 0.154. The molecular formula is C19H18N6O2. The average Bonchev–Trinajstić information content (AvgIpc) is 2.69. The first-order valence-corrected chi connectivity index (χ1v) is 8.27. The number of carbonyl (C=O) groups excluding carboxylic acids is 2. The van der Waals surface area contributed by atoms with Gasteiger partial charge < -0.3 is 16.0 Å². The first kappa shape index (κ1) is 18.0. The SMILES string of the molecule is CC(=O)Nc1ccc(NC(=O)c2ccc(NCc3ccccn3)nn2)cc1. The molecule has 2 amide bonds. The summed E-state index contributed by atoms with van der Waals surface area (Å²) in [4.78, 5) is 27.5. The van der Waals surface area contributed by atoms with Crippen LogP contribution in [0.15, 0.2) is 60.8 Å². The molecule has 27 heavy (non-hydrogen) atoms. The minimum Gasteiger partial charge on any atom is -0.363 e. The molecule has 0 aliphatic rings. The van der Waals surface area contributed by atoms with Crippen molar-refractivity contribution in [3.8, 4) is 0 Å². The second kappa shape index (κ2) is 8.52. The number of amides is 2. The highest BCUT2D eigenvalue weighted by molar-refractivity contribution is 6.03. The van der Waals surface area contributed by atoms with E-state index < -0.39 is 0 Å². The molecule has 0 unspecified atom stereocenters. The highest BCUT2D eigenvalue weighted by Gasteiger charge is 2.09. The van der Waals surface area contributed by atoms with Crippen LogP contribution in [0.2, 0.25) is 0 Å². The lowest BCUT2D eigenvalue weighted by atomic mass is 10.2. The van der Waals surface area contributed by atoms with Gasteiger partial charge in [-0.25, -0.2) is 0 Å². The number of carbonyl (C=O) groups is 2. The quantitative estimate of drug-likeness (QED) is 0.622. The van der Waals surface area contributed by atoms with Gasteiger partial charge in [-0.2, -0.15) is 0 Å². The molecule has 0 aliphatic carbocycles. The van der Waals surface area contributed by atoms with Crippen LogP contribution in [0.25, 0.3) is 0 Å². The molecule has 0 bridgehead atoms. The maximum atomic E-state index is 12.3. The van der Waals surface area contributed by atoms with Gasteiger partial charge in [0.25, 0.3) is 5.91 Å². The zero-order chi connectivity index (χ0) is 19.1. The zero-order valence-electron chi connectivity index (χ0n) is 14.6. The molecule has 2 heterocycles. The average molecular weight is 362 g/mol. The smallest absolute Gasteiger partial charge is 0.276 e. The number of pyridine rings is 1. The van der Waals surface area contributed by atoms with Crippen molar-refractivity contribution in [1.82, 2.24) is 15.2 Å². The number of rotatable bonds is 6. The van der Waals surface area contributed by atoms with Gasteiger partial charge in [-0.3, -0.25) is 14.6 Å². The summed E-state index contributed by atoms with van der Waals surface area (Å²) in [6.45, 7) is 1.95. The van der Waals surface area contributed by atoms with E-state index in [0.29, 0.717) is 23.7 Å². The normalized spacial score (nSPS) is 10.1. The van der Waals surface area contributed by atoms with E-state index >= 15 is 0 Å². The fraction of sp³-hybridized carbons (Fsp3) is 0.105. The molecule has 0 spiro atoms. The second-order valence-corrected chi connectivity index (χ2v) is 5.69. The monoisotopic (exact) mass is 362 g/mol. The lowest BCUT2D eigenvalue weighted by Gasteiger charge is -2.07. The summed E-state index contributed by atoms with van der Waals surface area (Å²) >= 11 is 0. The van der Waals surface area contributed by atoms with Crippen molar-refractivity contribution in [3.05, 3.63) is 72.2 Å². The molecule has 8 heteroatoms. The van der Waals surface area contributed by atoms with E-state index in [1.54, 1.807) is 42.6 Å². The van der Waals surface area contributed by atoms with Gasteiger partial charge in [0.2, 0.25) is 5.91 Å². The Labute approximate surface area is 156 Å². The molecule has 3 aromatic rings. The fourth-order valence-electron chi connectivity index (χ4n) is 2.27. The number of anilines is 3. The molecule has 0 radical (unpaired) electrons. The Balaban J connectivity index is 1.56. The number of hydrogen-bond acceptors (Lipinski definition) is 6. The molecule has 3 N–H and O–H groups in total. The number of hydrogen-bond donors (Lipinski definition) is 3. The van der Waals surface area contributed by atoms with Crippen molar-refractivity contribution in [2.45, 2.75) is 13.5 Å². The summed E-state index contributed by atoms with van der Waals surface area (Å²) in [7, 11) is 0. The zero-order valence-corrected chi connectivity index (χ0v) is 14.6. The van der Waals surface area contributed by atoms with Gasteiger partial charge >= 0.3 is 0 Å². The Morgan fingerprint density at radius 3 is 2.22 bits per heavy atom. The predicted octanol–water partition coefficient (Wildman–Crippen LogP) is 2.69. The summed E-state index contributed by atoms with van der Waals surface area (Å²) in [5.74, 6) is 0.0294. The van der Waals surface area contributed by atoms with Gasteiger partial charge in [0.05, 0.1) is 12.2 Å². The third kappa shape index (κ3) is 5.33. The van der Waals surface area contributed by atoms with Crippen LogP contribution in [-0.4, -0.2) is 27.0 Å². The third-order valence-corrected chi connectivity index (χ3v) is 3.54. The molecule has 1 aromatic carbocycles. The van der Waals surface area contributed by atoms with Crippen LogP contribution in [-0.2, 0) is 11.3 Å². The van der Waals surface area contributed by atoms with Crippen molar-refractivity contribution >= 4 is 29.0 Å². The maximum Gasteiger partial charge on any atom is 0.276 e. The second-order valence-electron chi connectivity index (χ2n) is 5.69. The Kier molecular flexibility index (Phi) is 5.68. The summed E-state index contributed by atoms with van der Waals surface area (Å²) in [5, 5.41) is 16.4. The lowest BCUT2D eigenvalue weighted by Crippen LogP contribution is -2.15. The van der Waals surface area contributed by atoms with E-state index in [-0.39, 0.29) is 17.5 Å². The first-order chi connectivity index (χ1) is 13.1. The lowest BCUT2D eigenvalue weighted by molar-refractivity contribution is -0.114. The van der Waals surface area contributed by atoms with Crippen LogP contribution in [0.3, 0.4) is 0 Å². The third-order valence-electron chi connectivity index (χ3n) is 3.54. The Hall–Kier alpha value is -3.81. The number of benzene rings is 1. The van der Waals surface area contributed by atoms with Gasteiger partial charge in [-0.05, 0) is 48.5 Å². The fourth-order valence-corrected chi connectivity index (χ4v) is 2.27. The Bertz CT molecular complexity index is 911. The standard InChI is InChI=1S/C19H18N6O2/c1-13(26)22-14-5-7-15(8-6-14)23-19(27)17-9-10-18(25-24-17)21-12-16-4-2-3-11-20-16/h2-11H,12H2,1H3,(H,21,25)(H,22,26)(H,23,27). The van der Waals surface area contributed by atoms with Crippen LogP contribution in [0, 0.1) is 0 Å². The van der Waals surface area contributed by atoms with Crippen LogP contribution >= 0.6 is 0 Å². The molecule has 0 atom stereocenters. The van der Waals surface area contributed by atoms with Crippen molar-refractivity contribution in [2.75, 3.05) is 16.0 Å². The van der Waals surface area contributed by atoms with Crippen molar-refractivity contribution in [1.29, 1.82) is 0 Å². The summed E-state index contributed by atoms with van der Waals surface area (Å²) < 4.78 is 0. The molecule has 2 aromatic heterocycles. The topological polar surface area (TPSA) is 109 Å². The van der Waals surface area contributed by atoms with E-state index in [0.717, 1.165) is 5.69 Å². The van der Waals surface area contributed by atoms with E-state index in [1.807, 2.05) is 18.2 Å². The van der Waals surface area contributed by atoms with Gasteiger partial charge in [0, 0.05) is 24.5 Å². The van der Waals surface area contributed by atoms with E-state index in [1.165, 1.54) is 6.92 Å². The van der Waals surface area contributed by atoms with Crippen molar-refractivity contribution < 1.29 is 9.59 Å². The number of nitrogens with one attached hydrogen (secondary N) is 3. The van der Waals surface area contributed by atoms with Crippen molar-refractivity contribution in [3.63, 3.8) is 0 Å². The maximum absolute atomic E-state index is 12.3. The van der Waals surface area contributed by atoms with Crippen LogP contribution in [0.1, 0.15) is 23.1 Å². The molecule has 0 saturated heterocycles. The summed E-state index contributed by atoms with van der Waals surface area (Å²) in [6, 6.07) is 15.7. The van der Waals surface area contributed by atoms with Crippen LogP contribution < -0.4 is 16.0 Å².